The number of benzene rings is 1. The summed E-state index contributed by atoms with van der Waals surface area (Å²) in [4.78, 5) is 37.7. The number of carboxylic acid groups (broad SMARTS) is 1. The lowest BCUT2D eigenvalue weighted by Crippen LogP contribution is -2.43. The maximum atomic E-state index is 12.6. The minimum atomic E-state index is -2.50. The standard InChI is InChI=1S/C17H19NO4/c19-14(20)10-17(8-4-1-5-9-17)11-18-15(21)12-6-2-3-7-13(12)16(18)22/h2-3,6-7H,1,4-5,8-11H2,(H,19,20)/i10D2. The van der Waals surface area contributed by atoms with Gasteiger partial charge in [0.2, 0.25) is 0 Å². The second-order valence-corrected chi connectivity index (χ2v) is 6.01. The Morgan fingerprint density at radius 1 is 1.14 bits per heavy atom. The molecule has 1 N–H and O–H groups in total. The van der Waals surface area contributed by atoms with Gasteiger partial charge in [-0.25, -0.2) is 0 Å². The predicted molar refractivity (Wildman–Crippen MR) is 79.6 cm³/mol. The van der Waals surface area contributed by atoms with E-state index in [1.54, 1.807) is 24.3 Å². The van der Waals surface area contributed by atoms with E-state index in [-0.39, 0.29) is 6.54 Å². The zero-order valence-electron chi connectivity index (χ0n) is 14.2. The van der Waals surface area contributed by atoms with Crippen molar-refractivity contribution >= 4 is 17.8 Å². The van der Waals surface area contributed by atoms with E-state index in [0.29, 0.717) is 36.8 Å². The molecule has 1 fully saturated rings. The van der Waals surface area contributed by atoms with E-state index in [0.717, 1.165) is 11.3 Å². The summed E-state index contributed by atoms with van der Waals surface area (Å²) in [5.74, 6) is -2.48. The maximum absolute atomic E-state index is 12.6. The smallest absolute Gasteiger partial charge is 0.303 e. The summed E-state index contributed by atoms with van der Waals surface area (Å²) in [5, 5.41) is 9.37. The van der Waals surface area contributed by atoms with Crippen molar-refractivity contribution < 1.29 is 22.2 Å². The van der Waals surface area contributed by atoms with Crippen LogP contribution in [-0.4, -0.2) is 34.3 Å². The number of hydrogen-bond acceptors (Lipinski definition) is 3. The number of aliphatic carboxylic acids is 1. The maximum Gasteiger partial charge on any atom is 0.303 e. The molecule has 5 nitrogen and oxygen atoms in total. The Kier molecular flexibility index (Phi) is 3.13. The fourth-order valence-electron chi connectivity index (χ4n) is 3.46. The van der Waals surface area contributed by atoms with Gasteiger partial charge in [0.05, 0.1) is 17.5 Å². The molecule has 1 aromatic carbocycles. The van der Waals surface area contributed by atoms with E-state index in [4.69, 9.17) is 2.74 Å². The molecule has 0 saturated heterocycles. The number of fused-ring (bicyclic) bond motifs is 1. The molecule has 0 spiro atoms. The summed E-state index contributed by atoms with van der Waals surface area (Å²) in [6.07, 6.45) is 0.480. The highest BCUT2D eigenvalue weighted by Crippen LogP contribution is 2.41. The van der Waals surface area contributed by atoms with Gasteiger partial charge in [-0.1, -0.05) is 31.4 Å². The van der Waals surface area contributed by atoms with Gasteiger partial charge in [0, 0.05) is 9.29 Å². The molecule has 3 rings (SSSR count). The van der Waals surface area contributed by atoms with Crippen LogP contribution in [0, 0.1) is 5.41 Å². The van der Waals surface area contributed by atoms with Crippen LogP contribution in [0.1, 0.15) is 61.9 Å². The lowest BCUT2D eigenvalue weighted by atomic mass is 9.71. The highest BCUT2D eigenvalue weighted by Gasteiger charge is 2.43. The second kappa shape index (κ2) is 5.55. The van der Waals surface area contributed by atoms with Gasteiger partial charge in [-0.2, -0.15) is 0 Å². The fourth-order valence-corrected chi connectivity index (χ4v) is 3.46. The molecule has 1 aliphatic carbocycles. The molecule has 2 amide bonds. The van der Waals surface area contributed by atoms with Crippen LogP contribution >= 0.6 is 0 Å². The predicted octanol–water partition coefficient (Wildman–Crippen LogP) is 2.71. The lowest BCUT2D eigenvalue weighted by molar-refractivity contribution is -0.140. The summed E-state index contributed by atoms with van der Waals surface area (Å²) < 4.78 is 16.2. The van der Waals surface area contributed by atoms with Crippen LogP contribution in [0.3, 0.4) is 0 Å². The van der Waals surface area contributed by atoms with Crippen LogP contribution in [-0.2, 0) is 4.79 Å². The average Bonchev–Trinajstić information content (AvgIpc) is 2.81. The summed E-state index contributed by atoms with van der Waals surface area (Å²) in [5.41, 5.74) is -0.654. The first-order valence-electron chi connectivity index (χ1n) is 8.49. The first-order valence-corrected chi connectivity index (χ1v) is 7.49. The van der Waals surface area contributed by atoms with E-state index in [2.05, 4.69) is 0 Å². The number of carbonyl (C=O) groups excluding carboxylic acids is 2. The molecule has 116 valence electrons. The second-order valence-electron chi connectivity index (χ2n) is 6.01. The van der Waals surface area contributed by atoms with Crippen molar-refractivity contribution in [3.63, 3.8) is 0 Å². The molecular formula is C17H19NO4. The molecule has 1 aliphatic heterocycles. The highest BCUT2D eigenvalue weighted by molar-refractivity contribution is 6.21. The van der Waals surface area contributed by atoms with Crippen molar-refractivity contribution in [1.82, 2.24) is 4.90 Å². The van der Waals surface area contributed by atoms with Gasteiger partial charge < -0.3 is 5.11 Å². The Labute approximate surface area is 131 Å². The first-order chi connectivity index (χ1) is 11.3. The number of carbonyl (C=O) groups is 3. The largest absolute Gasteiger partial charge is 0.481 e. The number of hydrogen-bond donors (Lipinski definition) is 1. The molecule has 22 heavy (non-hydrogen) atoms. The molecule has 1 heterocycles. The average molecular weight is 303 g/mol. The van der Waals surface area contributed by atoms with Gasteiger partial charge in [0.15, 0.2) is 0 Å². The van der Waals surface area contributed by atoms with Crippen LogP contribution in [0.25, 0.3) is 0 Å². The van der Waals surface area contributed by atoms with Crippen molar-refractivity contribution in [2.45, 2.75) is 38.5 Å². The number of rotatable bonds is 4. The number of imide groups is 1. The molecule has 0 bridgehead atoms. The van der Waals surface area contributed by atoms with E-state index in [9.17, 15) is 19.5 Å². The minimum absolute atomic E-state index is 0.196. The van der Waals surface area contributed by atoms with Gasteiger partial charge in [-0.15, -0.1) is 0 Å². The van der Waals surface area contributed by atoms with Crippen LogP contribution in [0.4, 0.5) is 0 Å². The number of nitrogens with zero attached hydrogens (tertiary/aromatic N) is 1. The molecule has 5 heteroatoms. The zero-order valence-corrected chi connectivity index (χ0v) is 12.2. The summed E-state index contributed by atoms with van der Waals surface area (Å²) >= 11 is 0. The molecule has 1 saturated carbocycles. The molecular weight excluding hydrogens is 282 g/mol. The SMILES string of the molecule is [2H]C([2H])(C(=O)O)C1(CN2C(=O)c3ccccc3C2=O)CCCCC1. The first kappa shape index (κ1) is 12.4. The van der Waals surface area contributed by atoms with Gasteiger partial charge >= 0.3 is 5.97 Å². The summed E-state index contributed by atoms with van der Waals surface area (Å²) in [6, 6.07) is 6.46. The highest BCUT2D eigenvalue weighted by atomic mass is 16.4. The van der Waals surface area contributed by atoms with Crippen molar-refractivity contribution in [2.24, 2.45) is 5.41 Å². The monoisotopic (exact) mass is 303 g/mol. The third-order valence-corrected chi connectivity index (χ3v) is 4.52. The molecule has 1 aromatic rings. The number of amides is 2. The van der Waals surface area contributed by atoms with E-state index >= 15 is 0 Å². The Hall–Kier alpha value is -2.17. The van der Waals surface area contributed by atoms with Gasteiger partial charge in [0.25, 0.3) is 11.8 Å². The Morgan fingerprint density at radius 2 is 1.68 bits per heavy atom. The van der Waals surface area contributed by atoms with E-state index in [1.807, 2.05) is 0 Å². The molecule has 0 aromatic heterocycles. The van der Waals surface area contributed by atoms with Crippen molar-refractivity contribution in [3.8, 4) is 0 Å². The van der Waals surface area contributed by atoms with Gasteiger partial charge in [-0.3, -0.25) is 19.3 Å². The van der Waals surface area contributed by atoms with E-state index < -0.39 is 29.6 Å². The molecule has 2 aliphatic rings. The van der Waals surface area contributed by atoms with Crippen LogP contribution in [0.15, 0.2) is 24.3 Å². The van der Waals surface area contributed by atoms with Crippen molar-refractivity contribution in [1.29, 1.82) is 0 Å². The number of carboxylic acids is 1. The molecule has 0 unspecified atom stereocenters. The fraction of sp³-hybridized carbons (Fsp3) is 0.471. The third-order valence-electron chi connectivity index (χ3n) is 4.52. The molecule has 0 radical (unpaired) electrons. The van der Waals surface area contributed by atoms with Crippen LogP contribution < -0.4 is 0 Å². The van der Waals surface area contributed by atoms with Crippen LogP contribution in [0.5, 0.6) is 0 Å². The quantitative estimate of drug-likeness (QED) is 0.868. The van der Waals surface area contributed by atoms with Gasteiger partial charge in [0.1, 0.15) is 0 Å². The Bertz CT molecular complexity index is 675. The van der Waals surface area contributed by atoms with Gasteiger partial charge in [-0.05, 0) is 30.4 Å². The Morgan fingerprint density at radius 3 is 2.18 bits per heavy atom. The summed E-state index contributed by atoms with van der Waals surface area (Å²) in [7, 11) is 0. The summed E-state index contributed by atoms with van der Waals surface area (Å²) in [6.45, 7) is -0.196. The van der Waals surface area contributed by atoms with Crippen molar-refractivity contribution in [2.75, 3.05) is 6.54 Å². The van der Waals surface area contributed by atoms with Crippen molar-refractivity contribution in [3.05, 3.63) is 35.4 Å². The van der Waals surface area contributed by atoms with Crippen LogP contribution in [0.2, 0.25) is 0 Å². The minimum Gasteiger partial charge on any atom is -0.481 e. The topological polar surface area (TPSA) is 74.7 Å². The molecule has 0 atom stereocenters. The third kappa shape index (κ3) is 2.51. The Balaban J connectivity index is 1.97. The zero-order chi connectivity index (χ0) is 17.5. The van der Waals surface area contributed by atoms with E-state index in [1.165, 1.54) is 0 Å². The normalized spacial score (nSPS) is 22.1. The lowest BCUT2D eigenvalue weighted by Gasteiger charge is -2.38.